The van der Waals surface area contributed by atoms with E-state index in [-0.39, 0.29) is 0 Å². The largest absolute Gasteiger partial charge is 0.365 e. The van der Waals surface area contributed by atoms with Gasteiger partial charge in [0.1, 0.15) is 3.82 Å². The smallest absolute Gasteiger partial charge is 0.126 e. The lowest BCUT2D eigenvalue weighted by atomic mass is 10.3. The summed E-state index contributed by atoms with van der Waals surface area (Å²) in [6.07, 6.45) is 0. The molecular formula is C8H11NS4. The van der Waals surface area contributed by atoms with Crippen LogP contribution in [0.5, 0.6) is 0 Å². The Bertz CT molecular complexity index is 351. The van der Waals surface area contributed by atoms with Crippen LogP contribution in [0.2, 0.25) is 0 Å². The molecule has 0 aliphatic carbocycles. The van der Waals surface area contributed by atoms with Crippen LogP contribution in [0.3, 0.4) is 0 Å². The van der Waals surface area contributed by atoms with Crippen molar-refractivity contribution >= 4 is 50.3 Å². The number of rotatable bonds is 1. The summed E-state index contributed by atoms with van der Waals surface area (Å²) in [5.41, 5.74) is 1.33. The molecule has 0 radical (unpaired) electrons. The van der Waals surface area contributed by atoms with Crippen molar-refractivity contribution in [1.29, 1.82) is 0 Å². The molecule has 1 aliphatic rings. The standard InChI is InChI=1S/C8H11NS4/c1-5(2)9-3-4-11-8-6(9)7(10)12-13-8/h5H,3-4H2,1-2H3. The van der Waals surface area contributed by atoms with Crippen LogP contribution in [0.15, 0.2) is 4.21 Å². The second-order valence-electron chi connectivity index (χ2n) is 3.23. The van der Waals surface area contributed by atoms with Gasteiger partial charge in [-0.25, -0.2) is 0 Å². The van der Waals surface area contributed by atoms with Crippen molar-refractivity contribution in [3.05, 3.63) is 3.82 Å². The van der Waals surface area contributed by atoms with E-state index < -0.39 is 0 Å². The first-order chi connectivity index (χ1) is 6.20. The molecule has 5 heteroatoms. The third kappa shape index (κ3) is 1.79. The summed E-state index contributed by atoms with van der Waals surface area (Å²) in [6.45, 7) is 5.61. The highest BCUT2D eigenvalue weighted by atomic mass is 32.9. The van der Waals surface area contributed by atoms with Crippen LogP contribution in [0.1, 0.15) is 13.8 Å². The average molecular weight is 249 g/mol. The topological polar surface area (TPSA) is 3.24 Å². The zero-order valence-electron chi connectivity index (χ0n) is 7.57. The Morgan fingerprint density at radius 3 is 2.85 bits per heavy atom. The molecule has 0 fully saturated rings. The van der Waals surface area contributed by atoms with Crippen molar-refractivity contribution in [1.82, 2.24) is 0 Å². The monoisotopic (exact) mass is 249 g/mol. The van der Waals surface area contributed by atoms with Gasteiger partial charge in [0, 0.05) is 18.3 Å². The molecule has 0 saturated carbocycles. The molecule has 0 amide bonds. The van der Waals surface area contributed by atoms with E-state index in [1.165, 1.54) is 15.6 Å². The molecule has 0 bridgehead atoms. The van der Waals surface area contributed by atoms with Crippen LogP contribution in [0, 0.1) is 3.82 Å². The molecule has 0 saturated heterocycles. The second kappa shape index (κ2) is 3.88. The zero-order chi connectivity index (χ0) is 9.42. The maximum absolute atomic E-state index is 5.34. The molecule has 0 unspecified atom stereocenters. The average Bonchev–Trinajstić information content (AvgIpc) is 2.48. The Morgan fingerprint density at radius 2 is 2.15 bits per heavy atom. The fraction of sp³-hybridized carbons (Fsp3) is 0.625. The third-order valence-electron chi connectivity index (χ3n) is 2.06. The molecule has 1 nitrogen and oxygen atoms in total. The summed E-state index contributed by atoms with van der Waals surface area (Å²) in [6, 6.07) is 0.572. The third-order valence-corrected chi connectivity index (χ3v) is 6.60. The molecule has 2 heterocycles. The van der Waals surface area contributed by atoms with Gasteiger partial charge in [0.2, 0.25) is 0 Å². The molecular weight excluding hydrogens is 238 g/mol. The van der Waals surface area contributed by atoms with E-state index in [0.29, 0.717) is 6.04 Å². The van der Waals surface area contributed by atoms with Crippen molar-refractivity contribution < 1.29 is 0 Å². The van der Waals surface area contributed by atoms with E-state index in [1.54, 1.807) is 10.3 Å². The van der Waals surface area contributed by atoms with E-state index in [4.69, 9.17) is 12.2 Å². The number of hydrogen-bond acceptors (Lipinski definition) is 5. The summed E-state index contributed by atoms with van der Waals surface area (Å²) in [4.78, 5) is 2.43. The van der Waals surface area contributed by atoms with Gasteiger partial charge < -0.3 is 4.90 Å². The Kier molecular flexibility index (Phi) is 2.97. The predicted molar refractivity (Wildman–Crippen MR) is 66.2 cm³/mol. The minimum Gasteiger partial charge on any atom is -0.365 e. The maximum atomic E-state index is 5.34. The van der Waals surface area contributed by atoms with Gasteiger partial charge in [0.15, 0.2) is 0 Å². The molecule has 72 valence electrons. The quantitative estimate of drug-likeness (QED) is 0.549. The molecule has 1 aromatic rings. The van der Waals surface area contributed by atoms with Crippen molar-refractivity contribution in [3.8, 4) is 0 Å². The van der Waals surface area contributed by atoms with Crippen molar-refractivity contribution in [2.45, 2.75) is 24.1 Å². The lowest BCUT2D eigenvalue weighted by Crippen LogP contribution is -2.34. The van der Waals surface area contributed by atoms with Crippen LogP contribution < -0.4 is 4.90 Å². The highest BCUT2D eigenvalue weighted by Crippen LogP contribution is 2.43. The first kappa shape index (κ1) is 9.96. The van der Waals surface area contributed by atoms with Crippen LogP contribution in [0.4, 0.5) is 5.69 Å². The van der Waals surface area contributed by atoms with E-state index in [9.17, 15) is 0 Å². The Morgan fingerprint density at radius 1 is 1.38 bits per heavy atom. The molecule has 13 heavy (non-hydrogen) atoms. The van der Waals surface area contributed by atoms with Gasteiger partial charge >= 0.3 is 0 Å². The summed E-state index contributed by atoms with van der Waals surface area (Å²) >= 11 is 7.29. The van der Waals surface area contributed by atoms with Gasteiger partial charge in [0.05, 0.1) is 9.90 Å². The molecule has 0 N–H and O–H groups in total. The lowest BCUT2D eigenvalue weighted by Gasteiger charge is -2.31. The van der Waals surface area contributed by atoms with Gasteiger partial charge in [-0.2, -0.15) is 0 Å². The molecule has 0 spiro atoms. The number of anilines is 1. The minimum absolute atomic E-state index is 0.572. The minimum atomic E-state index is 0.572. The number of thioether (sulfide) groups is 1. The predicted octanol–water partition coefficient (Wildman–Crippen LogP) is 3.86. The summed E-state index contributed by atoms with van der Waals surface area (Å²) in [5, 5.41) is 0. The highest BCUT2D eigenvalue weighted by Gasteiger charge is 2.22. The summed E-state index contributed by atoms with van der Waals surface area (Å²) in [5.74, 6) is 1.20. The number of nitrogens with zero attached hydrogens (tertiary/aromatic N) is 1. The first-order valence-electron chi connectivity index (χ1n) is 4.22. The van der Waals surface area contributed by atoms with E-state index in [1.807, 2.05) is 22.1 Å². The second-order valence-corrected chi connectivity index (χ2v) is 7.41. The fourth-order valence-electron chi connectivity index (χ4n) is 1.43. The molecule has 0 atom stereocenters. The maximum Gasteiger partial charge on any atom is 0.126 e. The summed E-state index contributed by atoms with van der Waals surface area (Å²) < 4.78 is 2.50. The van der Waals surface area contributed by atoms with Crippen molar-refractivity contribution in [3.63, 3.8) is 0 Å². The molecule has 2 rings (SSSR count). The number of fused-ring (bicyclic) bond motifs is 1. The van der Waals surface area contributed by atoms with Crippen LogP contribution >= 0.6 is 44.7 Å². The van der Waals surface area contributed by atoms with Crippen LogP contribution in [0.25, 0.3) is 0 Å². The van der Waals surface area contributed by atoms with Crippen molar-refractivity contribution in [2.24, 2.45) is 0 Å². The normalized spacial score (nSPS) is 16.4. The van der Waals surface area contributed by atoms with Crippen molar-refractivity contribution in [2.75, 3.05) is 17.2 Å². The van der Waals surface area contributed by atoms with Gasteiger partial charge in [-0.05, 0) is 13.8 Å². The Hall–Kier alpha value is 0.420. The summed E-state index contributed by atoms with van der Waals surface area (Å²) in [7, 11) is 3.57. The van der Waals surface area contributed by atoms with E-state index in [0.717, 1.165) is 10.4 Å². The molecule has 0 aromatic carbocycles. The van der Waals surface area contributed by atoms with Gasteiger partial charge in [-0.1, -0.05) is 32.9 Å². The van der Waals surface area contributed by atoms with Gasteiger partial charge in [-0.15, -0.1) is 11.8 Å². The van der Waals surface area contributed by atoms with Crippen LogP contribution in [-0.2, 0) is 0 Å². The number of hydrogen-bond donors (Lipinski definition) is 0. The first-order valence-corrected chi connectivity index (χ1v) is 7.77. The van der Waals surface area contributed by atoms with Gasteiger partial charge in [0.25, 0.3) is 0 Å². The SMILES string of the molecule is CC(C)N1CCSc2ssc(=S)c21. The lowest BCUT2D eigenvalue weighted by molar-refractivity contribution is 0.698. The Balaban J connectivity index is 2.46. The van der Waals surface area contributed by atoms with E-state index >= 15 is 0 Å². The Labute approximate surface area is 95.2 Å². The molecule has 1 aliphatic heterocycles. The van der Waals surface area contributed by atoms with Crippen LogP contribution in [-0.4, -0.2) is 18.3 Å². The fourth-order valence-corrected chi connectivity index (χ4v) is 5.90. The zero-order valence-corrected chi connectivity index (χ0v) is 10.8. The highest BCUT2D eigenvalue weighted by molar-refractivity contribution is 8.03. The molecule has 1 aromatic heterocycles. The van der Waals surface area contributed by atoms with Gasteiger partial charge in [-0.3, -0.25) is 0 Å². The van der Waals surface area contributed by atoms with E-state index in [2.05, 4.69) is 18.7 Å².